The van der Waals surface area contributed by atoms with E-state index in [1.165, 1.54) is 66.8 Å². The van der Waals surface area contributed by atoms with Crippen molar-refractivity contribution in [2.75, 3.05) is 4.90 Å². The third-order valence-corrected chi connectivity index (χ3v) is 16.6. The second-order valence-corrected chi connectivity index (χ2v) is 21.8. The Morgan fingerprint density at radius 3 is 1.00 bits per heavy atom. The lowest BCUT2D eigenvalue weighted by Crippen LogP contribution is -2.14. The smallest absolute Gasteiger partial charge is 0.248 e. The minimum absolute atomic E-state index is 0.0691. The predicted octanol–water partition coefficient (Wildman–Crippen LogP) is 19.8. The van der Waals surface area contributed by atoms with E-state index in [-0.39, 0.29) is 10.8 Å². The van der Waals surface area contributed by atoms with E-state index in [0.717, 1.165) is 61.6 Å². The van der Waals surface area contributed by atoms with Crippen molar-refractivity contribution in [2.45, 2.75) is 38.5 Å². The highest BCUT2D eigenvalue weighted by molar-refractivity contribution is 5.93. The molecule has 4 nitrogen and oxygen atoms in total. The highest BCUT2D eigenvalue weighted by Gasteiger charge is 2.36. The molecule has 0 aliphatic heterocycles. The molecule has 0 spiro atoms. The van der Waals surface area contributed by atoms with Crippen LogP contribution >= 0.6 is 0 Å². The molecule has 0 saturated heterocycles. The van der Waals surface area contributed by atoms with Crippen molar-refractivity contribution in [1.29, 1.82) is 0 Å². The quantitative estimate of drug-likeness (QED) is 0.137. The first-order valence-corrected chi connectivity index (χ1v) is 27.0. The van der Waals surface area contributed by atoms with E-state index in [1.807, 2.05) is 30.3 Å². The number of hydrogen-bond acceptors (Lipinski definition) is 4. The number of anilines is 3. The van der Waals surface area contributed by atoms with E-state index in [4.69, 9.17) is 4.42 Å². The number of aromatic nitrogens is 2. The molecule has 2 aliphatic rings. The van der Waals surface area contributed by atoms with Crippen LogP contribution in [0.2, 0.25) is 0 Å². The zero-order chi connectivity index (χ0) is 52.5. The predicted molar refractivity (Wildman–Crippen MR) is 322 cm³/mol. The summed E-state index contributed by atoms with van der Waals surface area (Å²) in [6, 6.07) is 94.6. The fourth-order valence-electron chi connectivity index (χ4n) is 12.4. The van der Waals surface area contributed by atoms with Gasteiger partial charge in [0.2, 0.25) is 11.8 Å². The molecule has 0 unspecified atom stereocenters. The second-order valence-electron chi connectivity index (χ2n) is 21.8. The topological polar surface area (TPSA) is 42.2 Å². The van der Waals surface area contributed by atoms with Crippen LogP contribution in [0, 0.1) is 0 Å². The lowest BCUT2D eigenvalue weighted by molar-refractivity contribution is 0.584. The molecule has 78 heavy (non-hydrogen) atoms. The Bertz CT molecular complexity index is 4070. The molecule has 0 atom stereocenters. The largest absolute Gasteiger partial charge is 0.416 e. The van der Waals surface area contributed by atoms with Crippen LogP contribution in [0.3, 0.4) is 0 Å². The normalized spacial score (nSPS) is 13.3. The van der Waals surface area contributed by atoms with E-state index >= 15 is 0 Å². The van der Waals surface area contributed by atoms with Crippen molar-refractivity contribution in [2.24, 2.45) is 0 Å². The molecule has 0 amide bonds. The zero-order valence-corrected chi connectivity index (χ0v) is 44.1. The van der Waals surface area contributed by atoms with E-state index in [9.17, 15) is 0 Å². The van der Waals surface area contributed by atoms with Crippen molar-refractivity contribution in [3.63, 3.8) is 0 Å². The molecule has 12 aromatic rings. The molecule has 1 aromatic heterocycles. The molecule has 1 heterocycles. The van der Waals surface area contributed by atoms with Gasteiger partial charge in [-0.2, -0.15) is 0 Å². The first-order chi connectivity index (χ1) is 38.2. The van der Waals surface area contributed by atoms with Crippen molar-refractivity contribution >= 4 is 17.1 Å². The fourth-order valence-corrected chi connectivity index (χ4v) is 12.4. The van der Waals surface area contributed by atoms with Crippen molar-refractivity contribution in [3.05, 3.63) is 283 Å². The Balaban J connectivity index is 0.797. The van der Waals surface area contributed by atoms with Gasteiger partial charge in [0.15, 0.2) is 0 Å². The third-order valence-electron chi connectivity index (χ3n) is 16.6. The maximum atomic E-state index is 6.10. The highest BCUT2D eigenvalue weighted by Crippen LogP contribution is 2.51. The second kappa shape index (κ2) is 18.6. The van der Waals surface area contributed by atoms with Crippen LogP contribution in [0.4, 0.5) is 17.1 Å². The van der Waals surface area contributed by atoms with E-state index in [2.05, 4.69) is 273 Å². The molecule has 0 saturated carbocycles. The van der Waals surface area contributed by atoms with E-state index in [1.54, 1.807) is 0 Å². The Kier molecular flexibility index (Phi) is 11.2. The number of benzene rings is 11. The van der Waals surface area contributed by atoms with Gasteiger partial charge in [-0.25, -0.2) is 0 Å². The number of nitrogens with zero attached hydrogens (tertiary/aromatic N) is 3. The molecular weight excluding hydrogens is 947 g/mol. The maximum absolute atomic E-state index is 6.10. The molecule has 0 bridgehead atoms. The van der Waals surface area contributed by atoms with Gasteiger partial charge in [0.1, 0.15) is 0 Å². The average molecular weight is 1000 g/mol. The van der Waals surface area contributed by atoms with Gasteiger partial charge in [-0.05, 0) is 173 Å². The van der Waals surface area contributed by atoms with Crippen LogP contribution in [0.15, 0.2) is 265 Å². The Hall–Kier alpha value is -9.64. The lowest BCUT2D eigenvalue weighted by Gasteiger charge is -2.26. The standard InChI is InChI=1S/C74H55N3O/c1-73(2)67-24-14-12-22-63(67)65-44-36-54(46-69(65)73)48-30-38-56(39-31-48)77(57-40-32-49(33-41-57)55-37-45-66-64-23-13-15-25-68(64)74(3,4)70(66)47-55)58-42-34-51(35-43-58)60-19-9-11-21-62(60)61-20-10-8-18-59(61)50-26-28-53(29-27-50)72-76-75-71(78-72)52-16-6-5-7-17-52/h5-47H,1-4H3. The van der Waals surface area contributed by atoms with Crippen LogP contribution in [0.5, 0.6) is 0 Å². The summed E-state index contributed by atoms with van der Waals surface area (Å²) in [4.78, 5) is 2.38. The minimum atomic E-state index is -0.0691. The summed E-state index contributed by atoms with van der Waals surface area (Å²) in [7, 11) is 0. The number of rotatable bonds is 10. The van der Waals surface area contributed by atoms with Crippen molar-refractivity contribution in [3.8, 4) is 101 Å². The summed E-state index contributed by atoms with van der Waals surface area (Å²) >= 11 is 0. The summed E-state index contributed by atoms with van der Waals surface area (Å²) in [5, 5.41) is 8.70. The minimum Gasteiger partial charge on any atom is -0.416 e. The highest BCUT2D eigenvalue weighted by atomic mass is 16.4. The summed E-state index contributed by atoms with van der Waals surface area (Å²) in [5.41, 5.74) is 27.4. The van der Waals surface area contributed by atoms with Crippen LogP contribution in [0.1, 0.15) is 49.9 Å². The van der Waals surface area contributed by atoms with Gasteiger partial charge in [0, 0.05) is 39.0 Å². The molecule has 2 aliphatic carbocycles. The summed E-state index contributed by atoms with van der Waals surface area (Å²) in [6.07, 6.45) is 0. The molecule has 4 heteroatoms. The molecule has 0 N–H and O–H groups in total. The molecule has 0 radical (unpaired) electrons. The van der Waals surface area contributed by atoms with E-state index in [0.29, 0.717) is 11.8 Å². The van der Waals surface area contributed by atoms with E-state index < -0.39 is 0 Å². The van der Waals surface area contributed by atoms with Gasteiger partial charge in [0.25, 0.3) is 0 Å². The van der Waals surface area contributed by atoms with Gasteiger partial charge in [-0.1, -0.05) is 216 Å². The first kappa shape index (κ1) is 46.9. The van der Waals surface area contributed by atoms with Gasteiger partial charge in [-0.3, -0.25) is 0 Å². The number of hydrogen-bond donors (Lipinski definition) is 0. The maximum Gasteiger partial charge on any atom is 0.248 e. The molecular formula is C74H55N3O. The Morgan fingerprint density at radius 1 is 0.256 bits per heavy atom. The lowest BCUT2D eigenvalue weighted by atomic mass is 9.81. The Morgan fingerprint density at radius 2 is 0.564 bits per heavy atom. The SMILES string of the molecule is CC1(C)c2ccccc2-c2ccc(-c3ccc(N(c4ccc(-c5ccc6c(c5)C(C)(C)c5ccccc5-6)cc4)c4ccc(-c5ccccc5-c5ccccc5-c5ccc(-c6nnc(-c7ccccc7)o6)cc5)cc4)cc3)cc21. The zero-order valence-electron chi connectivity index (χ0n) is 44.1. The van der Waals surface area contributed by atoms with Crippen molar-refractivity contribution < 1.29 is 4.42 Å². The summed E-state index contributed by atoms with van der Waals surface area (Å²) in [6.45, 7) is 9.40. The van der Waals surface area contributed by atoms with Crippen molar-refractivity contribution in [1.82, 2.24) is 10.2 Å². The van der Waals surface area contributed by atoms with Gasteiger partial charge in [0.05, 0.1) is 0 Å². The summed E-state index contributed by atoms with van der Waals surface area (Å²) in [5.74, 6) is 0.997. The molecule has 11 aromatic carbocycles. The van der Waals surface area contributed by atoms with Crippen LogP contribution in [-0.4, -0.2) is 10.2 Å². The third kappa shape index (κ3) is 7.91. The fraction of sp³-hybridized carbons (Fsp3) is 0.0811. The number of fused-ring (bicyclic) bond motifs is 6. The van der Waals surface area contributed by atoms with Crippen LogP contribution in [0.25, 0.3) is 101 Å². The summed E-state index contributed by atoms with van der Waals surface area (Å²) < 4.78 is 6.10. The van der Waals surface area contributed by atoms with Gasteiger partial charge >= 0.3 is 0 Å². The monoisotopic (exact) mass is 1000 g/mol. The average Bonchev–Trinajstić information content (AvgIpc) is 4.30. The van der Waals surface area contributed by atoms with Gasteiger partial charge < -0.3 is 9.32 Å². The van der Waals surface area contributed by atoms with Crippen LogP contribution < -0.4 is 4.90 Å². The first-order valence-electron chi connectivity index (χ1n) is 27.0. The molecule has 14 rings (SSSR count). The molecule has 0 fully saturated rings. The molecule has 372 valence electrons. The Labute approximate surface area is 456 Å². The van der Waals surface area contributed by atoms with Crippen LogP contribution in [-0.2, 0) is 10.8 Å². The van der Waals surface area contributed by atoms with Gasteiger partial charge in [-0.15, -0.1) is 10.2 Å².